The van der Waals surface area contributed by atoms with Crippen LogP contribution in [0.4, 0.5) is 9.18 Å². The fourth-order valence-corrected chi connectivity index (χ4v) is 6.59. The number of primary amides is 1. The van der Waals surface area contributed by atoms with Gasteiger partial charge in [-0.05, 0) is 61.8 Å². The number of urea groups is 1. The predicted octanol–water partition coefficient (Wildman–Crippen LogP) is 2.47. The number of unbranched alkanes of at least 4 members (excludes halogenated alkanes) is 1. The second kappa shape index (κ2) is 10.2. The van der Waals surface area contributed by atoms with Crippen molar-refractivity contribution < 1.29 is 28.6 Å². The number of ether oxygens (including phenoxy) is 1. The molecule has 3 amide bonds. The summed E-state index contributed by atoms with van der Waals surface area (Å²) in [6.07, 6.45) is 2.50. The zero-order chi connectivity index (χ0) is 29.9. The summed E-state index contributed by atoms with van der Waals surface area (Å²) in [5, 5.41) is 17.6. The fraction of sp³-hybridized carbons (Fsp3) is 0.433. The van der Waals surface area contributed by atoms with Crippen LogP contribution in [-0.4, -0.2) is 39.1 Å². The summed E-state index contributed by atoms with van der Waals surface area (Å²) in [6, 6.07) is 2.00. The van der Waals surface area contributed by atoms with Crippen molar-refractivity contribution in [3.05, 3.63) is 61.7 Å². The SMILES string of the molecule is CC[C@@]1(O)C(=O)OCc2c1cc1n(c2=O)Cc2c-1nc1cc(F)c(C)c3c1c2[C@@H](NC(=O)CCCCNC(N)=O)CC3. The molecule has 0 saturated carbocycles. The molecule has 3 aromatic rings. The molecule has 2 aliphatic heterocycles. The lowest BCUT2D eigenvalue weighted by atomic mass is 9.81. The Kier molecular flexibility index (Phi) is 6.76. The molecule has 1 aromatic carbocycles. The highest BCUT2D eigenvalue weighted by Crippen LogP contribution is 2.45. The number of nitrogens with one attached hydrogen (secondary N) is 2. The van der Waals surface area contributed by atoms with Crippen molar-refractivity contribution in [3.63, 3.8) is 0 Å². The van der Waals surface area contributed by atoms with Crippen LogP contribution in [-0.2, 0) is 39.5 Å². The van der Waals surface area contributed by atoms with Crippen molar-refractivity contribution in [1.82, 2.24) is 20.2 Å². The Morgan fingerprint density at radius 2 is 2.02 bits per heavy atom. The Bertz CT molecular complexity index is 1750. The molecule has 0 spiro atoms. The lowest BCUT2D eigenvalue weighted by molar-refractivity contribution is -0.172. The lowest BCUT2D eigenvalue weighted by Gasteiger charge is -2.31. The summed E-state index contributed by atoms with van der Waals surface area (Å²) in [5.41, 5.74) is 7.38. The first-order valence-corrected chi connectivity index (χ1v) is 14.2. The van der Waals surface area contributed by atoms with Gasteiger partial charge in [-0.2, -0.15) is 0 Å². The number of aliphatic hydroxyl groups is 1. The van der Waals surface area contributed by atoms with Crippen molar-refractivity contribution in [1.29, 1.82) is 0 Å². The second-order valence-electron chi connectivity index (χ2n) is 11.2. The molecule has 0 unspecified atom stereocenters. The van der Waals surface area contributed by atoms with Crippen LogP contribution in [0.15, 0.2) is 16.9 Å². The second-order valence-corrected chi connectivity index (χ2v) is 11.2. The number of fused-ring (bicyclic) bond motifs is 5. The van der Waals surface area contributed by atoms with Crippen molar-refractivity contribution in [3.8, 4) is 11.4 Å². The number of hydrogen-bond acceptors (Lipinski definition) is 7. The molecular weight excluding hydrogens is 545 g/mol. The highest BCUT2D eigenvalue weighted by atomic mass is 19.1. The molecule has 1 aliphatic carbocycles. The van der Waals surface area contributed by atoms with Gasteiger partial charge in [0.1, 0.15) is 12.4 Å². The number of aryl methyl sites for hydroxylation is 1. The van der Waals surface area contributed by atoms with Crippen LogP contribution < -0.4 is 21.9 Å². The molecule has 4 heterocycles. The van der Waals surface area contributed by atoms with Gasteiger partial charge in [0.05, 0.1) is 35.1 Å². The largest absolute Gasteiger partial charge is 0.458 e. The molecule has 3 aliphatic rings. The molecule has 12 heteroatoms. The molecular formula is C30H32FN5O6. The minimum absolute atomic E-state index is 0.0194. The van der Waals surface area contributed by atoms with E-state index in [0.29, 0.717) is 54.7 Å². The summed E-state index contributed by atoms with van der Waals surface area (Å²) < 4.78 is 21.8. The number of pyridine rings is 2. The highest BCUT2D eigenvalue weighted by molar-refractivity contribution is 5.94. The van der Waals surface area contributed by atoms with E-state index in [-0.39, 0.29) is 54.4 Å². The van der Waals surface area contributed by atoms with E-state index in [1.54, 1.807) is 24.5 Å². The fourth-order valence-electron chi connectivity index (χ4n) is 6.59. The number of halogens is 1. The molecule has 42 heavy (non-hydrogen) atoms. The van der Waals surface area contributed by atoms with Crippen molar-refractivity contribution in [2.75, 3.05) is 6.54 Å². The zero-order valence-corrected chi connectivity index (χ0v) is 23.4. The monoisotopic (exact) mass is 577 g/mol. The minimum atomic E-state index is -1.96. The Morgan fingerprint density at radius 3 is 2.76 bits per heavy atom. The normalized spacial score (nSPS) is 20.0. The number of nitrogens with zero attached hydrogens (tertiary/aromatic N) is 2. The number of cyclic esters (lactones) is 1. The Labute approximate surface area is 240 Å². The molecule has 220 valence electrons. The van der Waals surface area contributed by atoms with Gasteiger partial charge < -0.3 is 30.8 Å². The van der Waals surface area contributed by atoms with Crippen molar-refractivity contribution >= 4 is 28.8 Å². The summed E-state index contributed by atoms with van der Waals surface area (Å²) in [4.78, 5) is 55.0. The number of nitrogens with two attached hydrogens (primary N) is 1. The van der Waals surface area contributed by atoms with E-state index in [2.05, 4.69) is 10.6 Å². The van der Waals surface area contributed by atoms with E-state index < -0.39 is 23.6 Å². The molecule has 2 aromatic heterocycles. The van der Waals surface area contributed by atoms with E-state index >= 15 is 4.39 Å². The average Bonchev–Trinajstić information content (AvgIpc) is 3.32. The molecule has 0 fully saturated rings. The van der Waals surface area contributed by atoms with Gasteiger partial charge in [0.2, 0.25) is 5.91 Å². The van der Waals surface area contributed by atoms with Crippen molar-refractivity contribution in [2.45, 2.75) is 77.2 Å². The summed E-state index contributed by atoms with van der Waals surface area (Å²) >= 11 is 0. The Balaban J connectivity index is 1.45. The van der Waals surface area contributed by atoms with Crippen LogP contribution in [0.3, 0.4) is 0 Å². The molecule has 0 bridgehead atoms. The van der Waals surface area contributed by atoms with Gasteiger partial charge in [0, 0.05) is 35.5 Å². The van der Waals surface area contributed by atoms with E-state index in [9.17, 15) is 24.3 Å². The van der Waals surface area contributed by atoms with Gasteiger partial charge in [0.15, 0.2) is 5.60 Å². The number of aromatic nitrogens is 2. The molecule has 11 nitrogen and oxygen atoms in total. The van der Waals surface area contributed by atoms with Gasteiger partial charge in [-0.15, -0.1) is 0 Å². The number of esters is 1. The zero-order valence-electron chi connectivity index (χ0n) is 23.4. The maximum atomic E-state index is 15.1. The number of carbonyl (C=O) groups excluding carboxylic acids is 3. The van der Waals surface area contributed by atoms with Gasteiger partial charge in [-0.3, -0.25) is 9.59 Å². The smallest absolute Gasteiger partial charge is 0.343 e. The summed E-state index contributed by atoms with van der Waals surface area (Å²) in [6.45, 7) is 3.68. The average molecular weight is 578 g/mol. The molecule has 5 N–H and O–H groups in total. The Hall–Kier alpha value is -4.32. The molecule has 0 radical (unpaired) electrons. The number of rotatable bonds is 7. The first kappa shape index (κ1) is 27.8. The van der Waals surface area contributed by atoms with Crippen LogP contribution in [0.2, 0.25) is 0 Å². The molecule has 6 rings (SSSR count). The van der Waals surface area contributed by atoms with E-state index in [1.165, 1.54) is 6.07 Å². The van der Waals surface area contributed by atoms with Crippen LogP contribution in [0.5, 0.6) is 0 Å². The minimum Gasteiger partial charge on any atom is -0.458 e. The van der Waals surface area contributed by atoms with Gasteiger partial charge in [-0.25, -0.2) is 19.0 Å². The third kappa shape index (κ3) is 4.23. The van der Waals surface area contributed by atoms with E-state index in [1.807, 2.05) is 0 Å². The number of benzene rings is 1. The maximum Gasteiger partial charge on any atom is 0.343 e. The Morgan fingerprint density at radius 1 is 1.24 bits per heavy atom. The van der Waals surface area contributed by atoms with Crippen LogP contribution >= 0.6 is 0 Å². The van der Waals surface area contributed by atoms with E-state index in [4.69, 9.17) is 15.5 Å². The highest BCUT2D eigenvalue weighted by Gasteiger charge is 2.46. The predicted molar refractivity (Wildman–Crippen MR) is 150 cm³/mol. The van der Waals surface area contributed by atoms with Crippen molar-refractivity contribution in [2.24, 2.45) is 5.73 Å². The summed E-state index contributed by atoms with van der Waals surface area (Å²) in [7, 11) is 0. The van der Waals surface area contributed by atoms with E-state index in [0.717, 1.165) is 22.1 Å². The topological polar surface area (TPSA) is 166 Å². The van der Waals surface area contributed by atoms with Crippen LogP contribution in [0, 0.1) is 12.7 Å². The first-order valence-electron chi connectivity index (χ1n) is 14.2. The maximum absolute atomic E-state index is 15.1. The molecule has 2 atom stereocenters. The number of amides is 3. The lowest BCUT2D eigenvalue weighted by Crippen LogP contribution is -2.44. The third-order valence-electron chi connectivity index (χ3n) is 8.84. The quantitative estimate of drug-likeness (QED) is 0.193. The standard InChI is InChI=1S/C30H32FN5O6/c1-3-30(41)18-10-22-26-16(12-36(22)27(38)17(18)13-42-28(30)39)25-20(34-23(37)6-4-5-9-33-29(32)40)8-7-15-14(2)19(31)11-21(35-26)24(15)25/h10-11,20,41H,3-9,12-13H2,1-2H3,(H,34,37)(H3,32,33,40)/t20-,30-/m0/s1. The van der Waals surface area contributed by atoms with Gasteiger partial charge >= 0.3 is 12.0 Å². The number of hydrogen-bond donors (Lipinski definition) is 4. The summed E-state index contributed by atoms with van der Waals surface area (Å²) in [5.74, 6) is -1.35. The van der Waals surface area contributed by atoms with Gasteiger partial charge in [0.25, 0.3) is 5.56 Å². The first-order chi connectivity index (χ1) is 20.0. The van der Waals surface area contributed by atoms with Crippen LogP contribution in [0.1, 0.15) is 78.5 Å². The van der Waals surface area contributed by atoms with Gasteiger partial charge in [-0.1, -0.05) is 6.92 Å². The number of carbonyl (C=O) groups is 3. The van der Waals surface area contributed by atoms with Crippen LogP contribution in [0.25, 0.3) is 22.3 Å². The third-order valence-corrected chi connectivity index (χ3v) is 8.84. The molecule has 0 saturated heterocycles.